The molecule has 0 aliphatic carbocycles. The second-order valence-electron chi connectivity index (χ2n) is 5.23. The third kappa shape index (κ3) is 4.89. The van der Waals surface area contributed by atoms with Crippen LogP contribution >= 0.6 is 0 Å². The van der Waals surface area contributed by atoms with Gasteiger partial charge in [0.15, 0.2) is 11.5 Å². The van der Waals surface area contributed by atoms with Crippen LogP contribution in [0.5, 0.6) is 23.0 Å². The zero-order valence-corrected chi connectivity index (χ0v) is 15.0. The SMILES string of the molecule is [CH]/C(C)=C/Cc1c(C)c(O)c(OC)c(OC)c1OC(=O)CC(=O)OC. The van der Waals surface area contributed by atoms with E-state index in [9.17, 15) is 14.7 Å². The van der Waals surface area contributed by atoms with Gasteiger partial charge in [0.1, 0.15) is 6.42 Å². The molecule has 7 nitrogen and oxygen atoms in total. The number of hydrogen-bond donors (Lipinski definition) is 1. The van der Waals surface area contributed by atoms with Gasteiger partial charge in [-0.25, -0.2) is 0 Å². The number of esters is 2. The number of ether oxygens (including phenoxy) is 4. The van der Waals surface area contributed by atoms with Crippen molar-refractivity contribution in [2.24, 2.45) is 0 Å². The fraction of sp³-hybridized carbons (Fsp3) is 0.389. The van der Waals surface area contributed by atoms with E-state index in [1.807, 2.05) is 0 Å². The summed E-state index contributed by atoms with van der Waals surface area (Å²) in [7, 11) is 3.86. The Kier molecular flexibility index (Phi) is 7.29. The van der Waals surface area contributed by atoms with E-state index < -0.39 is 18.4 Å². The standard InChI is InChI=1S/C18H22O7/c1-10(2)7-8-12-11(3)15(21)17(23-5)18(24-6)16(12)25-14(20)9-13(19)22-4/h1,7,21H,8-9H2,2-6H3/b10-7-. The van der Waals surface area contributed by atoms with Crippen LogP contribution in [-0.4, -0.2) is 38.4 Å². The largest absolute Gasteiger partial charge is 0.504 e. The van der Waals surface area contributed by atoms with Crippen molar-refractivity contribution >= 4 is 11.9 Å². The van der Waals surface area contributed by atoms with Crippen LogP contribution in [0.4, 0.5) is 0 Å². The van der Waals surface area contributed by atoms with E-state index in [-0.39, 0.29) is 29.4 Å². The van der Waals surface area contributed by atoms with Gasteiger partial charge in [0.25, 0.3) is 0 Å². The topological polar surface area (TPSA) is 91.3 Å². The van der Waals surface area contributed by atoms with Crippen LogP contribution in [0.25, 0.3) is 0 Å². The van der Waals surface area contributed by atoms with Gasteiger partial charge in [-0.05, 0) is 27.2 Å². The second kappa shape index (κ2) is 8.96. The molecule has 0 fully saturated rings. The summed E-state index contributed by atoms with van der Waals surface area (Å²) in [6.45, 7) is 9.01. The van der Waals surface area contributed by atoms with Gasteiger partial charge in [0.2, 0.25) is 11.5 Å². The Morgan fingerprint density at radius 1 is 1.08 bits per heavy atom. The predicted octanol–water partition coefficient (Wildman–Crippen LogP) is 2.39. The molecule has 0 unspecified atom stereocenters. The molecule has 1 rings (SSSR count). The lowest BCUT2D eigenvalue weighted by atomic mass is 10.0. The number of carbonyl (C=O) groups is 2. The number of aromatic hydroxyl groups is 1. The molecule has 0 aliphatic rings. The van der Waals surface area contributed by atoms with E-state index >= 15 is 0 Å². The van der Waals surface area contributed by atoms with Gasteiger partial charge in [0, 0.05) is 11.1 Å². The Bertz CT molecular complexity index is 685. The van der Waals surface area contributed by atoms with Crippen LogP contribution in [0.2, 0.25) is 0 Å². The van der Waals surface area contributed by atoms with Crippen LogP contribution < -0.4 is 14.2 Å². The van der Waals surface area contributed by atoms with E-state index in [0.717, 1.165) is 0 Å². The van der Waals surface area contributed by atoms with Gasteiger partial charge in [-0.1, -0.05) is 11.6 Å². The van der Waals surface area contributed by atoms with E-state index in [0.29, 0.717) is 16.7 Å². The molecule has 0 aromatic heterocycles. The molecule has 0 aliphatic heterocycles. The average molecular weight is 350 g/mol. The van der Waals surface area contributed by atoms with Crippen LogP contribution in [0.3, 0.4) is 0 Å². The van der Waals surface area contributed by atoms with Crippen LogP contribution in [0, 0.1) is 13.8 Å². The normalized spacial score (nSPS) is 11.0. The second-order valence-corrected chi connectivity index (χ2v) is 5.23. The Labute approximate surface area is 147 Å². The summed E-state index contributed by atoms with van der Waals surface area (Å²) in [5, 5.41) is 10.3. The van der Waals surface area contributed by atoms with Gasteiger partial charge in [0.05, 0.1) is 21.3 Å². The Morgan fingerprint density at radius 2 is 1.68 bits per heavy atom. The Morgan fingerprint density at radius 3 is 2.16 bits per heavy atom. The summed E-state index contributed by atoms with van der Waals surface area (Å²) >= 11 is 0. The molecule has 0 saturated carbocycles. The van der Waals surface area contributed by atoms with Crippen molar-refractivity contribution < 1.29 is 33.6 Å². The van der Waals surface area contributed by atoms with Crippen molar-refractivity contribution in [2.45, 2.75) is 26.7 Å². The van der Waals surface area contributed by atoms with Gasteiger partial charge in [-0.2, -0.15) is 0 Å². The monoisotopic (exact) mass is 350 g/mol. The fourth-order valence-electron chi connectivity index (χ4n) is 2.16. The fourth-order valence-corrected chi connectivity index (χ4v) is 2.16. The Hall–Kier alpha value is -2.70. The third-order valence-corrected chi connectivity index (χ3v) is 3.48. The number of phenolic OH excluding ortho intramolecular Hbond substituents is 1. The summed E-state index contributed by atoms with van der Waals surface area (Å²) in [5.74, 6) is -1.57. The van der Waals surface area contributed by atoms with E-state index in [1.54, 1.807) is 19.9 Å². The molecule has 0 heterocycles. The number of methoxy groups -OCH3 is 3. The summed E-state index contributed by atoms with van der Waals surface area (Å²) in [6.07, 6.45) is 1.42. The van der Waals surface area contributed by atoms with Gasteiger partial charge < -0.3 is 24.1 Å². The highest BCUT2D eigenvalue weighted by Crippen LogP contribution is 2.49. The minimum Gasteiger partial charge on any atom is -0.504 e. The van der Waals surface area contributed by atoms with Crippen LogP contribution in [0.1, 0.15) is 24.5 Å². The van der Waals surface area contributed by atoms with E-state index in [1.165, 1.54) is 21.3 Å². The molecule has 0 spiro atoms. The van der Waals surface area contributed by atoms with Crippen molar-refractivity contribution in [1.82, 2.24) is 0 Å². The number of rotatable bonds is 7. The molecule has 1 aromatic rings. The summed E-state index contributed by atoms with van der Waals surface area (Å²) in [5.41, 5.74) is 1.48. The average Bonchev–Trinajstić information content (AvgIpc) is 2.56. The summed E-state index contributed by atoms with van der Waals surface area (Å²) in [4.78, 5) is 23.3. The number of benzene rings is 1. The lowest BCUT2D eigenvalue weighted by molar-refractivity contribution is -0.148. The number of allylic oxidation sites excluding steroid dienone is 2. The van der Waals surface area contributed by atoms with E-state index in [4.69, 9.17) is 21.1 Å². The molecule has 7 heteroatoms. The summed E-state index contributed by atoms with van der Waals surface area (Å²) < 4.78 is 20.2. The lowest BCUT2D eigenvalue weighted by Crippen LogP contribution is -2.16. The van der Waals surface area contributed by atoms with Gasteiger partial charge in [-0.15, -0.1) is 0 Å². The Balaban J connectivity index is 3.47. The van der Waals surface area contributed by atoms with Crippen molar-refractivity contribution in [3.63, 3.8) is 0 Å². The first kappa shape index (κ1) is 20.3. The molecular formula is C18H22O7. The number of carbonyl (C=O) groups excluding carboxylic acids is 2. The molecule has 0 amide bonds. The first-order chi connectivity index (χ1) is 11.8. The molecule has 136 valence electrons. The zero-order chi connectivity index (χ0) is 19.1. The third-order valence-electron chi connectivity index (χ3n) is 3.48. The lowest BCUT2D eigenvalue weighted by Gasteiger charge is -2.20. The number of hydrogen-bond acceptors (Lipinski definition) is 7. The van der Waals surface area contributed by atoms with Crippen LogP contribution in [0.15, 0.2) is 11.6 Å². The maximum atomic E-state index is 12.0. The van der Waals surface area contributed by atoms with E-state index in [2.05, 4.69) is 4.74 Å². The molecule has 0 saturated heterocycles. The first-order valence-electron chi connectivity index (χ1n) is 7.42. The molecule has 1 N–H and O–H groups in total. The van der Waals surface area contributed by atoms with Gasteiger partial charge in [-0.3, -0.25) is 9.59 Å². The van der Waals surface area contributed by atoms with Crippen molar-refractivity contribution in [1.29, 1.82) is 0 Å². The maximum Gasteiger partial charge on any atom is 0.322 e. The van der Waals surface area contributed by atoms with Crippen molar-refractivity contribution in [3.8, 4) is 23.0 Å². The molecule has 1 aromatic carbocycles. The van der Waals surface area contributed by atoms with Crippen molar-refractivity contribution in [2.75, 3.05) is 21.3 Å². The first-order valence-corrected chi connectivity index (χ1v) is 7.42. The minimum atomic E-state index is -0.827. The van der Waals surface area contributed by atoms with Gasteiger partial charge >= 0.3 is 11.9 Å². The highest BCUT2D eigenvalue weighted by atomic mass is 16.6. The number of phenols is 1. The maximum absolute atomic E-state index is 12.0. The summed E-state index contributed by atoms with van der Waals surface area (Å²) in [6, 6.07) is 0. The molecule has 0 bridgehead atoms. The predicted molar refractivity (Wildman–Crippen MR) is 90.0 cm³/mol. The zero-order valence-electron chi connectivity index (χ0n) is 15.0. The highest BCUT2D eigenvalue weighted by molar-refractivity contribution is 5.92. The molecule has 2 radical (unpaired) electrons. The highest BCUT2D eigenvalue weighted by Gasteiger charge is 2.26. The minimum absolute atomic E-state index is 0.0260. The smallest absolute Gasteiger partial charge is 0.322 e. The van der Waals surface area contributed by atoms with Crippen LogP contribution in [-0.2, 0) is 20.7 Å². The molecule has 25 heavy (non-hydrogen) atoms. The van der Waals surface area contributed by atoms with Crippen molar-refractivity contribution in [3.05, 3.63) is 29.7 Å². The quantitative estimate of drug-likeness (QED) is 0.458. The molecular weight excluding hydrogens is 328 g/mol. The molecule has 0 atom stereocenters.